The van der Waals surface area contributed by atoms with Gasteiger partial charge in [0, 0.05) is 6.04 Å². The second kappa shape index (κ2) is 6.78. The van der Waals surface area contributed by atoms with Crippen LogP contribution in [0.5, 0.6) is 5.75 Å². The van der Waals surface area contributed by atoms with Gasteiger partial charge in [-0.25, -0.2) is 13.2 Å². The third kappa shape index (κ3) is 4.45. The van der Waals surface area contributed by atoms with Gasteiger partial charge in [0.05, 0.1) is 24.2 Å². The molecule has 1 heterocycles. The van der Waals surface area contributed by atoms with Gasteiger partial charge in [0.2, 0.25) is 0 Å². The molecule has 1 aromatic rings. The zero-order valence-corrected chi connectivity index (χ0v) is 12.9. The topological polar surface area (TPSA) is 98.8 Å². The molecular formula is C14H17NO6S. The van der Waals surface area contributed by atoms with Gasteiger partial charge in [-0.2, -0.15) is 0 Å². The van der Waals surface area contributed by atoms with Crippen LogP contribution in [-0.4, -0.2) is 51.6 Å². The molecule has 1 aromatic carbocycles. The zero-order chi connectivity index (χ0) is 16.2. The van der Waals surface area contributed by atoms with E-state index in [2.05, 4.69) is 5.32 Å². The molecule has 0 aliphatic carbocycles. The van der Waals surface area contributed by atoms with Gasteiger partial charge in [0.1, 0.15) is 5.75 Å². The third-order valence-corrected chi connectivity index (χ3v) is 5.03. The van der Waals surface area contributed by atoms with Gasteiger partial charge in [-0.15, -0.1) is 0 Å². The summed E-state index contributed by atoms with van der Waals surface area (Å²) in [5.41, 5.74) is 0.303. The Morgan fingerprint density at radius 1 is 1.27 bits per heavy atom. The van der Waals surface area contributed by atoms with Crippen molar-refractivity contribution < 1.29 is 27.5 Å². The van der Waals surface area contributed by atoms with E-state index in [1.807, 2.05) is 0 Å². The Bertz CT molecular complexity index is 652. The molecule has 1 N–H and O–H groups in total. The highest BCUT2D eigenvalue weighted by atomic mass is 32.2. The van der Waals surface area contributed by atoms with Crippen molar-refractivity contribution in [3.8, 4) is 5.75 Å². The molecule has 0 saturated carbocycles. The molecule has 22 heavy (non-hydrogen) atoms. The van der Waals surface area contributed by atoms with Crippen LogP contribution in [0.25, 0.3) is 0 Å². The highest BCUT2D eigenvalue weighted by molar-refractivity contribution is 7.91. The smallest absolute Gasteiger partial charge is 0.338 e. The number of hydrogen-bond acceptors (Lipinski definition) is 6. The summed E-state index contributed by atoms with van der Waals surface area (Å²) in [5, 5.41) is 2.54. The fourth-order valence-corrected chi connectivity index (χ4v) is 3.79. The van der Waals surface area contributed by atoms with Crippen LogP contribution in [0.3, 0.4) is 0 Å². The minimum Gasteiger partial charge on any atom is -0.497 e. The minimum atomic E-state index is -3.06. The Hall–Kier alpha value is -2.09. The highest BCUT2D eigenvalue weighted by Crippen LogP contribution is 2.13. The number of ether oxygens (including phenoxy) is 2. The molecule has 1 saturated heterocycles. The number of benzene rings is 1. The van der Waals surface area contributed by atoms with Crippen molar-refractivity contribution in [1.82, 2.24) is 5.32 Å². The second-order valence-corrected chi connectivity index (χ2v) is 7.20. The van der Waals surface area contributed by atoms with E-state index < -0.39 is 34.4 Å². The third-order valence-electron chi connectivity index (χ3n) is 3.26. The van der Waals surface area contributed by atoms with Gasteiger partial charge < -0.3 is 14.8 Å². The van der Waals surface area contributed by atoms with E-state index in [4.69, 9.17) is 9.47 Å². The van der Waals surface area contributed by atoms with E-state index in [1.54, 1.807) is 12.1 Å². The summed E-state index contributed by atoms with van der Waals surface area (Å²) in [5.74, 6) is -0.521. The first kappa shape index (κ1) is 16.3. The average Bonchev–Trinajstić information content (AvgIpc) is 2.83. The van der Waals surface area contributed by atoms with E-state index in [-0.39, 0.29) is 11.5 Å². The first-order chi connectivity index (χ1) is 10.4. The summed E-state index contributed by atoms with van der Waals surface area (Å²) in [4.78, 5) is 23.4. The lowest BCUT2D eigenvalue weighted by Crippen LogP contribution is -2.38. The lowest BCUT2D eigenvalue weighted by Gasteiger charge is -2.11. The molecule has 1 amide bonds. The molecule has 8 heteroatoms. The van der Waals surface area contributed by atoms with Crippen molar-refractivity contribution >= 4 is 21.7 Å². The van der Waals surface area contributed by atoms with Crippen LogP contribution in [0, 0.1) is 0 Å². The average molecular weight is 327 g/mol. The van der Waals surface area contributed by atoms with Crippen molar-refractivity contribution in [1.29, 1.82) is 0 Å². The molecule has 1 atom stereocenters. The molecule has 0 aromatic heterocycles. The van der Waals surface area contributed by atoms with Gasteiger partial charge in [-0.3, -0.25) is 4.79 Å². The molecule has 0 spiro atoms. The molecule has 1 fully saturated rings. The Kier molecular flexibility index (Phi) is 5.02. The van der Waals surface area contributed by atoms with Crippen LogP contribution in [0.4, 0.5) is 0 Å². The maximum absolute atomic E-state index is 11.8. The summed E-state index contributed by atoms with van der Waals surface area (Å²) in [6.45, 7) is -0.443. The van der Waals surface area contributed by atoms with E-state index >= 15 is 0 Å². The van der Waals surface area contributed by atoms with Gasteiger partial charge >= 0.3 is 5.97 Å². The van der Waals surface area contributed by atoms with Crippen LogP contribution in [0.2, 0.25) is 0 Å². The predicted octanol–water partition coefficient (Wildman–Crippen LogP) is 0.155. The van der Waals surface area contributed by atoms with Crippen LogP contribution in [-0.2, 0) is 19.4 Å². The zero-order valence-electron chi connectivity index (χ0n) is 12.1. The van der Waals surface area contributed by atoms with Crippen LogP contribution in [0.1, 0.15) is 16.8 Å². The van der Waals surface area contributed by atoms with Crippen molar-refractivity contribution in [2.24, 2.45) is 0 Å². The Morgan fingerprint density at radius 2 is 1.95 bits per heavy atom. The van der Waals surface area contributed by atoms with E-state index in [1.165, 1.54) is 19.2 Å². The number of carbonyl (C=O) groups is 2. The lowest BCUT2D eigenvalue weighted by molar-refractivity contribution is -0.124. The van der Waals surface area contributed by atoms with E-state index in [0.29, 0.717) is 17.7 Å². The summed E-state index contributed by atoms with van der Waals surface area (Å²) in [6, 6.07) is 5.88. The normalized spacial score (nSPS) is 19.4. The SMILES string of the molecule is COc1ccc(C(=O)OCC(=O)NC2CCS(=O)(=O)C2)cc1. The molecule has 1 unspecified atom stereocenters. The first-order valence-electron chi connectivity index (χ1n) is 6.70. The van der Waals surface area contributed by atoms with Crippen molar-refractivity contribution in [2.45, 2.75) is 12.5 Å². The summed E-state index contributed by atoms with van der Waals surface area (Å²) in [7, 11) is -1.54. The van der Waals surface area contributed by atoms with E-state index in [0.717, 1.165) is 0 Å². The molecular weight excluding hydrogens is 310 g/mol. The van der Waals surface area contributed by atoms with Gasteiger partial charge in [-0.05, 0) is 30.7 Å². The van der Waals surface area contributed by atoms with Crippen molar-refractivity contribution in [2.75, 3.05) is 25.2 Å². The van der Waals surface area contributed by atoms with Crippen LogP contribution >= 0.6 is 0 Å². The Morgan fingerprint density at radius 3 is 2.50 bits per heavy atom. The second-order valence-electron chi connectivity index (χ2n) is 4.97. The molecule has 7 nitrogen and oxygen atoms in total. The fraction of sp³-hybridized carbons (Fsp3) is 0.429. The number of hydrogen-bond donors (Lipinski definition) is 1. The molecule has 2 rings (SSSR count). The number of sulfone groups is 1. The van der Waals surface area contributed by atoms with Gasteiger partial charge in [0.15, 0.2) is 16.4 Å². The standard InChI is InChI=1S/C14H17NO6S/c1-20-12-4-2-10(3-5-12)14(17)21-8-13(16)15-11-6-7-22(18,19)9-11/h2-5,11H,6-9H2,1H3,(H,15,16). The van der Waals surface area contributed by atoms with E-state index in [9.17, 15) is 18.0 Å². The molecule has 1 aliphatic rings. The molecule has 0 radical (unpaired) electrons. The maximum Gasteiger partial charge on any atom is 0.338 e. The predicted molar refractivity (Wildman–Crippen MR) is 78.5 cm³/mol. The summed E-state index contributed by atoms with van der Waals surface area (Å²) >= 11 is 0. The van der Waals surface area contributed by atoms with Crippen molar-refractivity contribution in [3.05, 3.63) is 29.8 Å². The largest absolute Gasteiger partial charge is 0.497 e. The Balaban J connectivity index is 1.79. The summed E-state index contributed by atoms with van der Waals surface area (Å²) < 4.78 is 32.4. The van der Waals surface area contributed by atoms with Gasteiger partial charge in [-0.1, -0.05) is 0 Å². The first-order valence-corrected chi connectivity index (χ1v) is 8.53. The monoisotopic (exact) mass is 327 g/mol. The lowest BCUT2D eigenvalue weighted by atomic mass is 10.2. The minimum absolute atomic E-state index is 0.0643. The molecule has 1 aliphatic heterocycles. The fourth-order valence-electron chi connectivity index (χ4n) is 2.12. The van der Waals surface area contributed by atoms with Crippen LogP contribution in [0.15, 0.2) is 24.3 Å². The van der Waals surface area contributed by atoms with Crippen molar-refractivity contribution in [3.63, 3.8) is 0 Å². The number of nitrogens with one attached hydrogen (secondary N) is 1. The number of esters is 1. The highest BCUT2D eigenvalue weighted by Gasteiger charge is 2.29. The number of carbonyl (C=O) groups excluding carboxylic acids is 2. The summed E-state index contributed by atoms with van der Waals surface area (Å²) in [6.07, 6.45) is 0.389. The maximum atomic E-state index is 11.8. The van der Waals surface area contributed by atoms with Crippen LogP contribution < -0.4 is 10.1 Å². The molecule has 120 valence electrons. The number of rotatable bonds is 5. The number of methoxy groups -OCH3 is 1. The Labute approximate surface area is 128 Å². The quantitative estimate of drug-likeness (QED) is 0.773. The molecule has 0 bridgehead atoms. The number of amides is 1. The van der Waals surface area contributed by atoms with Gasteiger partial charge in [0.25, 0.3) is 5.91 Å².